The molecule has 1 aromatic rings. The van der Waals surface area contributed by atoms with Crippen LogP contribution in [0.15, 0.2) is 24.3 Å². The Bertz CT molecular complexity index is 438. The quantitative estimate of drug-likeness (QED) is 0.673. The van der Waals surface area contributed by atoms with Gasteiger partial charge in [-0.25, -0.2) is 4.79 Å². The monoisotopic (exact) mass is 235 g/mol. The lowest BCUT2D eigenvalue weighted by molar-refractivity contribution is 0.00590. The third kappa shape index (κ3) is 2.54. The van der Waals surface area contributed by atoms with E-state index in [-0.39, 0.29) is 5.91 Å². The Hall–Kier alpha value is -2.08. The number of anilines is 1. The van der Waals surface area contributed by atoms with Crippen LogP contribution >= 0.6 is 0 Å². The molecule has 1 aliphatic rings. The molecule has 90 valence electrons. The fraction of sp³-hybridized carbons (Fsp3) is 0.273. The SMILES string of the molecule is NC(=O)Nc1ccc(C(=O)N2CC(O)C2)cc1. The Morgan fingerprint density at radius 2 is 1.88 bits per heavy atom. The van der Waals surface area contributed by atoms with Crippen molar-refractivity contribution in [2.75, 3.05) is 18.4 Å². The summed E-state index contributed by atoms with van der Waals surface area (Å²) in [7, 11) is 0. The number of rotatable bonds is 2. The summed E-state index contributed by atoms with van der Waals surface area (Å²) in [6, 6.07) is 5.79. The van der Waals surface area contributed by atoms with E-state index in [0.29, 0.717) is 24.3 Å². The third-order valence-corrected chi connectivity index (χ3v) is 2.55. The standard InChI is InChI=1S/C11H13N3O3/c12-11(17)13-8-3-1-7(2-4-8)10(16)14-5-9(15)6-14/h1-4,9,15H,5-6H2,(H3,12,13,17). The van der Waals surface area contributed by atoms with Crippen molar-refractivity contribution < 1.29 is 14.7 Å². The van der Waals surface area contributed by atoms with Crippen molar-refractivity contribution in [1.29, 1.82) is 0 Å². The Balaban J connectivity index is 2.02. The van der Waals surface area contributed by atoms with Crippen LogP contribution in [0.2, 0.25) is 0 Å². The Morgan fingerprint density at radius 1 is 1.29 bits per heavy atom. The average molecular weight is 235 g/mol. The number of carbonyl (C=O) groups excluding carboxylic acids is 2. The van der Waals surface area contributed by atoms with Crippen LogP contribution in [0.3, 0.4) is 0 Å². The van der Waals surface area contributed by atoms with E-state index in [0.717, 1.165) is 0 Å². The number of nitrogens with one attached hydrogen (secondary N) is 1. The highest BCUT2D eigenvalue weighted by atomic mass is 16.3. The number of likely N-dealkylation sites (tertiary alicyclic amines) is 1. The van der Waals surface area contributed by atoms with Gasteiger partial charge in [0.05, 0.1) is 6.10 Å². The molecule has 0 spiro atoms. The average Bonchev–Trinajstić information content (AvgIpc) is 2.24. The molecule has 1 fully saturated rings. The third-order valence-electron chi connectivity index (χ3n) is 2.55. The summed E-state index contributed by atoms with van der Waals surface area (Å²) in [5.41, 5.74) is 6.02. The number of nitrogens with two attached hydrogens (primary N) is 1. The van der Waals surface area contributed by atoms with Gasteiger partial charge in [0.2, 0.25) is 0 Å². The number of benzene rings is 1. The Kier molecular flexibility index (Phi) is 2.97. The van der Waals surface area contributed by atoms with Crippen LogP contribution in [-0.4, -0.2) is 41.1 Å². The molecular formula is C11H13N3O3. The lowest BCUT2D eigenvalue weighted by Gasteiger charge is -2.35. The van der Waals surface area contributed by atoms with Crippen LogP contribution in [0.1, 0.15) is 10.4 Å². The number of hydrogen-bond acceptors (Lipinski definition) is 3. The molecule has 0 aliphatic carbocycles. The fourth-order valence-electron chi connectivity index (χ4n) is 1.64. The van der Waals surface area contributed by atoms with Crippen LogP contribution in [-0.2, 0) is 0 Å². The molecule has 2 rings (SSSR count). The number of aliphatic hydroxyl groups excluding tert-OH is 1. The van der Waals surface area contributed by atoms with E-state index in [2.05, 4.69) is 5.32 Å². The second kappa shape index (κ2) is 4.42. The van der Waals surface area contributed by atoms with E-state index in [9.17, 15) is 9.59 Å². The summed E-state index contributed by atoms with van der Waals surface area (Å²) in [5.74, 6) is -0.124. The van der Waals surface area contributed by atoms with E-state index >= 15 is 0 Å². The topological polar surface area (TPSA) is 95.7 Å². The number of amides is 3. The molecule has 1 saturated heterocycles. The van der Waals surface area contributed by atoms with Crippen molar-refractivity contribution >= 4 is 17.6 Å². The molecule has 0 aromatic heterocycles. The first-order chi connectivity index (χ1) is 8.06. The van der Waals surface area contributed by atoms with Gasteiger partial charge in [0.25, 0.3) is 5.91 Å². The van der Waals surface area contributed by atoms with Crippen LogP contribution in [0.4, 0.5) is 10.5 Å². The largest absolute Gasteiger partial charge is 0.389 e. The summed E-state index contributed by atoms with van der Waals surface area (Å²) in [6.45, 7) is 0.750. The molecule has 4 N–H and O–H groups in total. The highest BCUT2D eigenvalue weighted by Crippen LogP contribution is 2.15. The molecule has 0 bridgehead atoms. The van der Waals surface area contributed by atoms with Gasteiger partial charge >= 0.3 is 6.03 Å². The number of nitrogens with zero attached hydrogens (tertiary/aromatic N) is 1. The lowest BCUT2D eigenvalue weighted by Crippen LogP contribution is -2.53. The van der Waals surface area contributed by atoms with Gasteiger partial charge in [0.1, 0.15) is 0 Å². The van der Waals surface area contributed by atoms with Crippen LogP contribution < -0.4 is 11.1 Å². The van der Waals surface area contributed by atoms with Crippen molar-refractivity contribution in [3.8, 4) is 0 Å². The van der Waals surface area contributed by atoms with Gasteiger partial charge in [-0.1, -0.05) is 0 Å². The second-order valence-electron chi connectivity index (χ2n) is 3.93. The summed E-state index contributed by atoms with van der Waals surface area (Å²) >= 11 is 0. The lowest BCUT2D eigenvalue weighted by atomic mass is 10.1. The second-order valence-corrected chi connectivity index (χ2v) is 3.93. The van der Waals surface area contributed by atoms with E-state index in [4.69, 9.17) is 10.8 Å². The van der Waals surface area contributed by atoms with Gasteiger partial charge in [0.15, 0.2) is 0 Å². The van der Waals surface area contributed by atoms with Crippen LogP contribution in [0, 0.1) is 0 Å². The number of aliphatic hydroxyl groups is 1. The van der Waals surface area contributed by atoms with Gasteiger partial charge < -0.3 is 21.1 Å². The molecular weight excluding hydrogens is 222 g/mol. The molecule has 6 nitrogen and oxygen atoms in total. The summed E-state index contributed by atoms with van der Waals surface area (Å²) < 4.78 is 0. The fourth-order valence-corrected chi connectivity index (χ4v) is 1.64. The highest BCUT2D eigenvalue weighted by Gasteiger charge is 2.29. The van der Waals surface area contributed by atoms with Crippen molar-refractivity contribution in [2.45, 2.75) is 6.10 Å². The number of β-amino-alcohol motifs (C(OH)–C–C–N with tert-alkyl or cyclic N) is 1. The zero-order valence-electron chi connectivity index (χ0n) is 9.09. The van der Waals surface area contributed by atoms with E-state index in [1.165, 1.54) is 0 Å². The van der Waals surface area contributed by atoms with Gasteiger partial charge in [-0.15, -0.1) is 0 Å². The molecule has 1 aliphatic heterocycles. The molecule has 1 aromatic carbocycles. The van der Waals surface area contributed by atoms with Crippen molar-refractivity contribution in [3.63, 3.8) is 0 Å². The first-order valence-corrected chi connectivity index (χ1v) is 5.20. The van der Waals surface area contributed by atoms with E-state index in [1.807, 2.05) is 0 Å². The number of carbonyl (C=O) groups is 2. The van der Waals surface area contributed by atoms with Gasteiger partial charge in [-0.3, -0.25) is 4.79 Å². The summed E-state index contributed by atoms with van der Waals surface area (Å²) in [5, 5.41) is 11.5. The number of urea groups is 1. The highest BCUT2D eigenvalue weighted by molar-refractivity contribution is 5.95. The first kappa shape index (κ1) is 11.4. The van der Waals surface area contributed by atoms with Crippen molar-refractivity contribution in [2.24, 2.45) is 5.73 Å². The number of hydrogen-bond donors (Lipinski definition) is 3. The normalized spacial score (nSPS) is 15.2. The maximum Gasteiger partial charge on any atom is 0.316 e. The van der Waals surface area contributed by atoms with Gasteiger partial charge in [-0.05, 0) is 24.3 Å². The minimum absolute atomic E-state index is 0.124. The van der Waals surface area contributed by atoms with Crippen molar-refractivity contribution in [3.05, 3.63) is 29.8 Å². The molecule has 6 heteroatoms. The summed E-state index contributed by atoms with van der Waals surface area (Å²) in [6.07, 6.45) is -0.408. The van der Waals surface area contributed by atoms with Crippen LogP contribution in [0.5, 0.6) is 0 Å². The summed E-state index contributed by atoms with van der Waals surface area (Å²) in [4.78, 5) is 24.0. The minimum Gasteiger partial charge on any atom is -0.389 e. The predicted molar refractivity (Wildman–Crippen MR) is 61.6 cm³/mol. The first-order valence-electron chi connectivity index (χ1n) is 5.20. The zero-order chi connectivity index (χ0) is 12.4. The number of primary amides is 1. The van der Waals surface area contributed by atoms with E-state index < -0.39 is 12.1 Å². The molecule has 1 heterocycles. The van der Waals surface area contributed by atoms with Crippen LogP contribution in [0.25, 0.3) is 0 Å². The van der Waals surface area contributed by atoms with Gasteiger partial charge in [-0.2, -0.15) is 0 Å². The van der Waals surface area contributed by atoms with Gasteiger partial charge in [0, 0.05) is 24.3 Å². The van der Waals surface area contributed by atoms with Crippen molar-refractivity contribution in [1.82, 2.24) is 4.90 Å². The predicted octanol–water partition coefficient (Wildman–Crippen LogP) is -0.00610. The van der Waals surface area contributed by atoms with E-state index in [1.54, 1.807) is 29.2 Å². The zero-order valence-corrected chi connectivity index (χ0v) is 9.09. The minimum atomic E-state index is -0.644. The maximum atomic E-state index is 11.8. The Labute approximate surface area is 98.0 Å². The molecule has 17 heavy (non-hydrogen) atoms. The maximum absolute atomic E-state index is 11.8. The molecule has 3 amide bonds. The molecule has 0 unspecified atom stereocenters. The molecule has 0 saturated carbocycles. The Morgan fingerprint density at radius 3 is 2.35 bits per heavy atom. The molecule has 0 atom stereocenters. The smallest absolute Gasteiger partial charge is 0.316 e. The molecule has 0 radical (unpaired) electrons.